The summed E-state index contributed by atoms with van der Waals surface area (Å²) in [6.07, 6.45) is -3.20. The minimum atomic E-state index is -4.37. The van der Waals surface area contributed by atoms with Crippen molar-refractivity contribution in [2.24, 2.45) is 0 Å². The van der Waals surface area contributed by atoms with E-state index in [1.807, 2.05) is 0 Å². The third-order valence-corrected chi connectivity index (χ3v) is 4.66. The number of aromatic nitrogens is 2. The molecule has 0 aliphatic rings. The summed E-state index contributed by atoms with van der Waals surface area (Å²) in [5.74, 6) is 0.504. The van der Waals surface area contributed by atoms with Crippen molar-refractivity contribution in [3.05, 3.63) is 68.8 Å². The molecule has 27 heavy (non-hydrogen) atoms. The molecular weight excluding hydrogens is 381 g/mol. The van der Waals surface area contributed by atoms with E-state index in [2.05, 4.69) is 15.3 Å². The molecule has 3 aromatic rings. The summed E-state index contributed by atoms with van der Waals surface area (Å²) >= 11 is 1.32. The van der Waals surface area contributed by atoms with Crippen molar-refractivity contribution < 1.29 is 18.1 Å². The molecule has 2 heterocycles. The lowest BCUT2D eigenvalue weighted by Crippen LogP contribution is -2.04. The number of nitrogens with one attached hydrogen (secondary N) is 1. The number of alkyl halides is 3. The lowest BCUT2D eigenvalue weighted by molar-refractivity contribution is -0.385. The van der Waals surface area contributed by atoms with Crippen molar-refractivity contribution in [1.29, 1.82) is 0 Å². The summed E-state index contributed by atoms with van der Waals surface area (Å²) < 4.78 is 37.9. The molecule has 0 unspecified atom stereocenters. The van der Waals surface area contributed by atoms with Crippen molar-refractivity contribution in [1.82, 2.24) is 9.97 Å². The molecule has 0 fully saturated rings. The Kier molecular flexibility index (Phi) is 5.08. The number of nitrogens with zero attached hydrogens (tertiary/aromatic N) is 3. The van der Waals surface area contributed by atoms with Crippen molar-refractivity contribution in [2.75, 3.05) is 5.32 Å². The predicted octanol–water partition coefficient (Wildman–Crippen LogP) is 5.05. The maximum absolute atomic E-state index is 12.6. The maximum atomic E-state index is 12.6. The lowest BCUT2D eigenvalue weighted by Gasteiger charge is -2.07. The van der Waals surface area contributed by atoms with Crippen LogP contribution in [0.3, 0.4) is 0 Å². The Balaban J connectivity index is 1.69. The number of benzene rings is 1. The van der Waals surface area contributed by atoms with Crippen LogP contribution in [0.25, 0.3) is 10.6 Å². The van der Waals surface area contributed by atoms with E-state index in [0.717, 1.165) is 12.1 Å². The van der Waals surface area contributed by atoms with E-state index in [1.165, 1.54) is 35.7 Å². The van der Waals surface area contributed by atoms with Gasteiger partial charge in [-0.15, -0.1) is 11.3 Å². The molecule has 0 aliphatic heterocycles. The van der Waals surface area contributed by atoms with E-state index < -0.39 is 16.7 Å². The maximum Gasteiger partial charge on any atom is 0.416 e. The first kappa shape index (κ1) is 18.8. The number of pyridine rings is 1. The zero-order valence-corrected chi connectivity index (χ0v) is 14.8. The van der Waals surface area contributed by atoms with Gasteiger partial charge < -0.3 is 5.32 Å². The minimum absolute atomic E-state index is 0.0868. The van der Waals surface area contributed by atoms with E-state index in [0.29, 0.717) is 34.2 Å². The highest BCUT2D eigenvalue weighted by molar-refractivity contribution is 7.13. The topological polar surface area (TPSA) is 81.0 Å². The van der Waals surface area contributed by atoms with Crippen molar-refractivity contribution in [3.8, 4) is 10.6 Å². The van der Waals surface area contributed by atoms with Gasteiger partial charge in [0.05, 0.1) is 22.7 Å². The van der Waals surface area contributed by atoms with Crippen molar-refractivity contribution >= 4 is 22.8 Å². The number of halogens is 3. The number of rotatable bonds is 5. The van der Waals surface area contributed by atoms with Gasteiger partial charge in [0, 0.05) is 17.0 Å². The molecule has 0 saturated carbocycles. The SMILES string of the molecule is Cc1cc([N+](=O)[O-])cnc1NCc1csc(-c2ccc(C(F)(F)F)cc2)n1. The van der Waals surface area contributed by atoms with Crippen LogP contribution in [0, 0.1) is 17.0 Å². The zero-order valence-electron chi connectivity index (χ0n) is 13.9. The van der Waals surface area contributed by atoms with Gasteiger partial charge in [-0.25, -0.2) is 9.97 Å². The molecule has 2 aromatic heterocycles. The summed E-state index contributed by atoms with van der Waals surface area (Å²) in [5.41, 5.74) is 1.13. The molecule has 0 aliphatic carbocycles. The smallest absolute Gasteiger partial charge is 0.364 e. The van der Waals surface area contributed by atoms with Gasteiger partial charge in [0.2, 0.25) is 0 Å². The van der Waals surface area contributed by atoms with Gasteiger partial charge >= 0.3 is 6.18 Å². The molecule has 0 radical (unpaired) electrons. The van der Waals surface area contributed by atoms with Crippen LogP contribution in [0.1, 0.15) is 16.8 Å². The molecule has 3 rings (SSSR count). The minimum Gasteiger partial charge on any atom is -0.364 e. The molecule has 6 nitrogen and oxygen atoms in total. The number of hydrogen-bond donors (Lipinski definition) is 1. The molecule has 0 saturated heterocycles. The number of hydrogen-bond acceptors (Lipinski definition) is 6. The fourth-order valence-electron chi connectivity index (χ4n) is 2.34. The van der Waals surface area contributed by atoms with E-state index in [-0.39, 0.29) is 5.69 Å². The summed E-state index contributed by atoms with van der Waals surface area (Å²) in [7, 11) is 0. The van der Waals surface area contributed by atoms with Crippen LogP contribution in [-0.2, 0) is 12.7 Å². The van der Waals surface area contributed by atoms with Crippen LogP contribution in [-0.4, -0.2) is 14.9 Å². The Hall–Kier alpha value is -3.01. The zero-order chi connectivity index (χ0) is 19.6. The van der Waals surface area contributed by atoms with E-state index in [4.69, 9.17) is 0 Å². The summed E-state index contributed by atoms with van der Waals surface area (Å²) in [6.45, 7) is 2.04. The normalized spacial score (nSPS) is 11.4. The molecule has 0 bridgehead atoms. The van der Waals surface area contributed by atoms with Gasteiger partial charge in [0.1, 0.15) is 17.0 Å². The Morgan fingerprint density at radius 2 is 1.96 bits per heavy atom. The molecule has 1 aromatic carbocycles. The highest BCUT2D eigenvalue weighted by Crippen LogP contribution is 2.31. The second kappa shape index (κ2) is 7.31. The molecule has 10 heteroatoms. The highest BCUT2D eigenvalue weighted by atomic mass is 32.1. The van der Waals surface area contributed by atoms with Gasteiger partial charge in [0.15, 0.2) is 0 Å². The Bertz CT molecular complexity index is 971. The second-order valence-electron chi connectivity index (χ2n) is 5.69. The van der Waals surface area contributed by atoms with Crippen molar-refractivity contribution in [2.45, 2.75) is 19.6 Å². The second-order valence-corrected chi connectivity index (χ2v) is 6.55. The van der Waals surface area contributed by atoms with Gasteiger partial charge in [-0.2, -0.15) is 13.2 Å². The fraction of sp³-hybridized carbons (Fsp3) is 0.176. The number of anilines is 1. The average molecular weight is 394 g/mol. The molecule has 1 N–H and O–H groups in total. The number of thiazole rings is 1. The van der Waals surface area contributed by atoms with Gasteiger partial charge in [-0.1, -0.05) is 12.1 Å². The Labute approximate surface area is 155 Å². The molecule has 0 amide bonds. The van der Waals surface area contributed by atoms with Crippen LogP contribution < -0.4 is 5.32 Å². The monoisotopic (exact) mass is 394 g/mol. The van der Waals surface area contributed by atoms with Crippen LogP contribution >= 0.6 is 11.3 Å². The first-order chi connectivity index (χ1) is 12.7. The van der Waals surface area contributed by atoms with Gasteiger partial charge in [0.25, 0.3) is 5.69 Å². The first-order valence-corrected chi connectivity index (χ1v) is 8.59. The van der Waals surface area contributed by atoms with Gasteiger partial charge in [-0.3, -0.25) is 10.1 Å². The molecule has 0 atom stereocenters. The fourth-order valence-corrected chi connectivity index (χ4v) is 3.17. The average Bonchev–Trinajstić information content (AvgIpc) is 3.09. The van der Waals surface area contributed by atoms with Crippen LogP contribution in [0.2, 0.25) is 0 Å². The quantitative estimate of drug-likeness (QED) is 0.484. The Morgan fingerprint density at radius 1 is 1.26 bits per heavy atom. The van der Waals surface area contributed by atoms with Crippen LogP contribution in [0.4, 0.5) is 24.7 Å². The third-order valence-electron chi connectivity index (χ3n) is 3.72. The molecule has 140 valence electrons. The lowest BCUT2D eigenvalue weighted by atomic mass is 10.1. The summed E-state index contributed by atoms with van der Waals surface area (Å²) in [5, 5.41) is 16.2. The largest absolute Gasteiger partial charge is 0.416 e. The summed E-state index contributed by atoms with van der Waals surface area (Å²) in [6, 6.07) is 6.25. The standard InChI is InChI=1S/C17H13F3N4O2S/c1-10-6-14(24(25)26)8-22-15(10)21-7-13-9-27-16(23-13)11-2-4-12(5-3-11)17(18,19)20/h2-6,8-9H,7H2,1H3,(H,21,22). The molecule has 0 spiro atoms. The summed E-state index contributed by atoms with van der Waals surface area (Å²) in [4.78, 5) is 18.6. The number of nitro groups is 1. The van der Waals surface area contributed by atoms with Crippen LogP contribution in [0.5, 0.6) is 0 Å². The molecular formula is C17H13F3N4O2S. The predicted molar refractivity (Wildman–Crippen MR) is 95.5 cm³/mol. The van der Waals surface area contributed by atoms with Gasteiger partial charge in [-0.05, 0) is 24.6 Å². The van der Waals surface area contributed by atoms with E-state index in [9.17, 15) is 23.3 Å². The Morgan fingerprint density at radius 3 is 2.56 bits per heavy atom. The number of aryl methyl sites for hydroxylation is 1. The van der Waals surface area contributed by atoms with Crippen molar-refractivity contribution in [3.63, 3.8) is 0 Å². The van der Waals surface area contributed by atoms with E-state index >= 15 is 0 Å². The first-order valence-electron chi connectivity index (χ1n) is 7.71. The third kappa shape index (κ3) is 4.40. The van der Waals surface area contributed by atoms with Crippen LogP contribution in [0.15, 0.2) is 41.9 Å². The van der Waals surface area contributed by atoms with E-state index in [1.54, 1.807) is 12.3 Å². The highest BCUT2D eigenvalue weighted by Gasteiger charge is 2.30.